The first-order valence-corrected chi connectivity index (χ1v) is 7.05. The average molecular weight is 312 g/mol. The number of nitrogens with two attached hydrogens (primary N) is 1. The lowest BCUT2D eigenvalue weighted by atomic mass is 10.1. The fraction of sp³-hybridized carbons (Fsp3) is 0.333. The second-order valence-electron chi connectivity index (χ2n) is 4.02. The van der Waals surface area contributed by atoms with E-state index in [9.17, 15) is 0 Å². The van der Waals surface area contributed by atoms with Gasteiger partial charge < -0.3 is 5.73 Å². The number of hydrogen-bond donors (Lipinski definition) is 1. The zero-order valence-corrected chi connectivity index (χ0v) is 12.2. The van der Waals surface area contributed by atoms with Crippen LogP contribution in [0.5, 0.6) is 0 Å². The Morgan fingerprint density at radius 3 is 2.76 bits per heavy atom. The highest BCUT2D eigenvalue weighted by atomic mass is 79.9. The van der Waals surface area contributed by atoms with E-state index in [1.807, 2.05) is 12.1 Å². The molecule has 0 aliphatic carbocycles. The zero-order chi connectivity index (χ0) is 12.4. The first-order valence-electron chi connectivity index (χ1n) is 5.44. The molecule has 0 fully saturated rings. The van der Waals surface area contributed by atoms with Crippen molar-refractivity contribution in [2.45, 2.75) is 26.3 Å². The number of rotatable bonds is 3. The highest BCUT2D eigenvalue weighted by Gasteiger charge is 2.16. The Bertz CT molecular complexity index is 522. The van der Waals surface area contributed by atoms with Crippen molar-refractivity contribution in [2.75, 3.05) is 0 Å². The van der Waals surface area contributed by atoms with Crippen molar-refractivity contribution >= 4 is 27.3 Å². The predicted molar refractivity (Wildman–Crippen MR) is 75.0 cm³/mol. The van der Waals surface area contributed by atoms with Crippen molar-refractivity contribution in [1.29, 1.82) is 0 Å². The average Bonchev–Trinajstić information content (AvgIpc) is 2.73. The van der Waals surface area contributed by atoms with Crippen LogP contribution in [-0.4, -0.2) is 9.97 Å². The quantitative estimate of drug-likeness (QED) is 0.943. The molecule has 0 aliphatic heterocycles. The predicted octanol–water partition coefficient (Wildman–Crippen LogP) is 3.55. The van der Waals surface area contributed by atoms with Crippen LogP contribution in [0.4, 0.5) is 0 Å². The number of nitrogens with zero attached hydrogens (tertiary/aromatic N) is 2. The molecule has 5 heteroatoms. The summed E-state index contributed by atoms with van der Waals surface area (Å²) < 4.78 is 0.965. The Hall–Kier alpha value is -0.780. The number of thiazole rings is 1. The maximum absolute atomic E-state index is 5.76. The molecule has 0 radical (unpaired) electrons. The third-order valence-electron chi connectivity index (χ3n) is 2.42. The third-order valence-corrected chi connectivity index (χ3v) is 4.16. The third kappa shape index (κ3) is 2.56. The molecular formula is C12H14BrN3S. The lowest BCUT2D eigenvalue weighted by Gasteiger charge is -2.01. The molecule has 0 atom stereocenters. The Morgan fingerprint density at radius 2 is 2.24 bits per heavy atom. The summed E-state index contributed by atoms with van der Waals surface area (Å²) in [6.07, 6.45) is 1.78. The van der Waals surface area contributed by atoms with Crippen LogP contribution in [0, 0.1) is 0 Å². The summed E-state index contributed by atoms with van der Waals surface area (Å²) in [5.74, 6) is 0.390. The molecule has 90 valence electrons. The van der Waals surface area contributed by atoms with Crippen LogP contribution in [0.1, 0.15) is 30.3 Å². The van der Waals surface area contributed by atoms with E-state index in [-0.39, 0.29) is 0 Å². The van der Waals surface area contributed by atoms with Gasteiger partial charge >= 0.3 is 0 Å². The summed E-state index contributed by atoms with van der Waals surface area (Å²) in [5, 5.41) is 0.932. The van der Waals surface area contributed by atoms with Crippen LogP contribution in [0.3, 0.4) is 0 Å². The van der Waals surface area contributed by atoms with Gasteiger partial charge in [-0.2, -0.15) is 0 Å². The van der Waals surface area contributed by atoms with Crippen molar-refractivity contribution in [3.63, 3.8) is 0 Å². The molecule has 2 aromatic heterocycles. The van der Waals surface area contributed by atoms with E-state index in [4.69, 9.17) is 5.73 Å². The molecule has 0 aromatic carbocycles. The standard InChI is InChI=1S/C12H14BrN3S/c1-7(2)10-9(6-14)17-12(16-10)11-8(13)4-3-5-15-11/h3-5,7H,6,14H2,1-2H3. The lowest BCUT2D eigenvalue weighted by Crippen LogP contribution is -1.99. The van der Waals surface area contributed by atoms with Crippen LogP contribution < -0.4 is 5.73 Å². The van der Waals surface area contributed by atoms with Crippen molar-refractivity contribution in [2.24, 2.45) is 5.73 Å². The van der Waals surface area contributed by atoms with Crippen LogP contribution in [0.2, 0.25) is 0 Å². The molecule has 0 amide bonds. The van der Waals surface area contributed by atoms with Crippen molar-refractivity contribution in [1.82, 2.24) is 9.97 Å². The van der Waals surface area contributed by atoms with Gasteiger partial charge in [0.25, 0.3) is 0 Å². The highest BCUT2D eigenvalue weighted by Crippen LogP contribution is 2.33. The Balaban J connectivity index is 2.51. The fourth-order valence-corrected chi connectivity index (χ4v) is 3.29. The summed E-state index contributed by atoms with van der Waals surface area (Å²) in [4.78, 5) is 10.2. The minimum absolute atomic E-state index is 0.390. The summed E-state index contributed by atoms with van der Waals surface area (Å²) in [6, 6.07) is 3.87. The summed E-state index contributed by atoms with van der Waals surface area (Å²) in [5.41, 5.74) is 7.73. The van der Waals surface area contributed by atoms with Gasteiger partial charge in [-0.1, -0.05) is 13.8 Å². The van der Waals surface area contributed by atoms with E-state index in [1.54, 1.807) is 17.5 Å². The van der Waals surface area contributed by atoms with E-state index in [2.05, 4.69) is 39.7 Å². The van der Waals surface area contributed by atoms with Gasteiger partial charge in [0.15, 0.2) is 0 Å². The fourth-order valence-electron chi connectivity index (χ4n) is 1.61. The largest absolute Gasteiger partial charge is 0.326 e. The van der Waals surface area contributed by atoms with Gasteiger partial charge in [0, 0.05) is 22.1 Å². The summed E-state index contributed by atoms with van der Waals surface area (Å²) in [7, 11) is 0. The first kappa shape index (κ1) is 12.7. The maximum atomic E-state index is 5.76. The minimum Gasteiger partial charge on any atom is -0.326 e. The monoisotopic (exact) mass is 311 g/mol. The van der Waals surface area contributed by atoms with E-state index in [1.165, 1.54) is 0 Å². The Kier molecular flexibility index (Phi) is 3.91. The van der Waals surface area contributed by atoms with Crippen molar-refractivity contribution < 1.29 is 0 Å². The van der Waals surface area contributed by atoms with E-state index in [0.29, 0.717) is 12.5 Å². The summed E-state index contributed by atoms with van der Waals surface area (Å²) in [6.45, 7) is 4.80. The summed E-state index contributed by atoms with van der Waals surface area (Å²) >= 11 is 5.13. The molecule has 0 bridgehead atoms. The van der Waals surface area contributed by atoms with Crippen LogP contribution >= 0.6 is 27.3 Å². The number of halogens is 1. The van der Waals surface area contributed by atoms with Gasteiger partial charge in [-0.3, -0.25) is 4.98 Å². The van der Waals surface area contributed by atoms with Gasteiger partial charge in [-0.05, 0) is 34.0 Å². The van der Waals surface area contributed by atoms with E-state index in [0.717, 1.165) is 25.7 Å². The molecule has 2 N–H and O–H groups in total. The Morgan fingerprint density at radius 1 is 1.47 bits per heavy atom. The molecule has 0 saturated heterocycles. The van der Waals surface area contributed by atoms with Gasteiger partial charge in [0.1, 0.15) is 10.7 Å². The van der Waals surface area contributed by atoms with E-state index < -0.39 is 0 Å². The topological polar surface area (TPSA) is 51.8 Å². The molecular weight excluding hydrogens is 298 g/mol. The van der Waals surface area contributed by atoms with Crippen molar-refractivity contribution in [3.8, 4) is 10.7 Å². The molecule has 0 spiro atoms. The molecule has 0 aliphatic rings. The molecule has 2 heterocycles. The van der Waals surface area contributed by atoms with Gasteiger partial charge in [0.05, 0.1) is 5.69 Å². The highest BCUT2D eigenvalue weighted by molar-refractivity contribution is 9.10. The Labute approximate surface area is 113 Å². The van der Waals surface area contributed by atoms with Crippen LogP contribution in [0.25, 0.3) is 10.7 Å². The van der Waals surface area contributed by atoms with Crippen LogP contribution in [-0.2, 0) is 6.54 Å². The van der Waals surface area contributed by atoms with Crippen LogP contribution in [0.15, 0.2) is 22.8 Å². The van der Waals surface area contributed by atoms with Crippen molar-refractivity contribution in [3.05, 3.63) is 33.4 Å². The second kappa shape index (κ2) is 5.25. The van der Waals surface area contributed by atoms with Gasteiger partial charge in [-0.15, -0.1) is 11.3 Å². The van der Waals surface area contributed by atoms with E-state index >= 15 is 0 Å². The number of pyridine rings is 1. The smallest absolute Gasteiger partial charge is 0.143 e. The molecule has 0 unspecified atom stereocenters. The maximum Gasteiger partial charge on any atom is 0.143 e. The molecule has 3 nitrogen and oxygen atoms in total. The normalized spacial score (nSPS) is 11.1. The molecule has 0 saturated carbocycles. The zero-order valence-electron chi connectivity index (χ0n) is 9.77. The number of aromatic nitrogens is 2. The molecule has 2 rings (SSSR count). The second-order valence-corrected chi connectivity index (χ2v) is 5.96. The SMILES string of the molecule is CC(C)c1nc(-c2ncccc2Br)sc1CN. The van der Waals surface area contributed by atoms with Gasteiger partial charge in [0.2, 0.25) is 0 Å². The minimum atomic E-state index is 0.390. The lowest BCUT2D eigenvalue weighted by molar-refractivity contribution is 0.813. The molecule has 2 aromatic rings. The number of hydrogen-bond acceptors (Lipinski definition) is 4. The van der Waals surface area contributed by atoms with Gasteiger partial charge in [-0.25, -0.2) is 4.98 Å². The first-order chi connectivity index (χ1) is 8.13. The molecule has 17 heavy (non-hydrogen) atoms.